The molecule has 1 aromatic carbocycles. The third-order valence-electron chi connectivity index (χ3n) is 2.95. The number of pyridine rings is 1. The van der Waals surface area contributed by atoms with Crippen molar-refractivity contribution in [2.45, 2.75) is 13.3 Å². The number of carbonyl (C=O) groups is 2. The van der Waals surface area contributed by atoms with E-state index in [1.807, 2.05) is 6.92 Å². The van der Waals surface area contributed by atoms with E-state index >= 15 is 0 Å². The quantitative estimate of drug-likeness (QED) is 0.890. The van der Waals surface area contributed by atoms with Crippen LogP contribution in [0.25, 0.3) is 0 Å². The van der Waals surface area contributed by atoms with E-state index in [0.29, 0.717) is 6.54 Å². The molecule has 2 amide bonds. The molecular weight excluding hydrogens is 304 g/mol. The van der Waals surface area contributed by atoms with Gasteiger partial charge in [-0.25, -0.2) is 13.8 Å². The summed E-state index contributed by atoms with van der Waals surface area (Å²) in [6.45, 7) is 2.39. The molecule has 0 unspecified atom stereocenters. The van der Waals surface area contributed by atoms with Gasteiger partial charge in [0.1, 0.15) is 28.7 Å². The molecule has 5 nitrogen and oxygen atoms in total. The van der Waals surface area contributed by atoms with Gasteiger partial charge in [-0.05, 0) is 30.7 Å². The molecule has 2 rings (SSSR count). The maximum Gasteiger partial charge on any atom is 0.274 e. The highest BCUT2D eigenvalue weighted by atomic mass is 19.1. The van der Waals surface area contributed by atoms with Crippen LogP contribution in [0.2, 0.25) is 0 Å². The van der Waals surface area contributed by atoms with E-state index in [0.717, 1.165) is 18.6 Å². The Kier molecular flexibility index (Phi) is 5.35. The van der Waals surface area contributed by atoms with E-state index in [1.54, 1.807) is 0 Å². The summed E-state index contributed by atoms with van der Waals surface area (Å²) < 4.78 is 27.1. The van der Waals surface area contributed by atoms with Crippen molar-refractivity contribution >= 4 is 17.5 Å². The summed E-state index contributed by atoms with van der Waals surface area (Å²) in [7, 11) is 0. The normalized spacial score (nSPS) is 10.2. The van der Waals surface area contributed by atoms with Gasteiger partial charge in [-0.15, -0.1) is 0 Å². The molecule has 0 atom stereocenters. The average Bonchev–Trinajstić information content (AvgIpc) is 2.56. The second-order valence-electron chi connectivity index (χ2n) is 4.71. The van der Waals surface area contributed by atoms with Crippen molar-refractivity contribution in [3.05, 3.63) is 59.4 Å². The molecule has 0 aliphatic heterocycles. The maximum absolute atomic E-state index is 13.5. The van der Waals surface area contributed by atoms with Gasteiger partial charge >= 0.3 is 0 Å². The lowest BCUT2D eigenvalue weighted by molar-refractivity contribution is 0.0948. The number of amides is 2. The Labute approximate surface area is 131 Å². The zero-order valence-corrected chi connectivity index (χ0v) is 12.4. The van der Waals surface area contributed by atoms with E-state index < -0.39 is 29.1 Å². The Morgan fingerprint density at radius 1 is 1.00 bits per heavy atom. The highest BCUT2D eigenvalue weighted by Gasteiger charge is 2.16. The van der Waals surface area contributed by atoms with Crippen molar-refractivity contribution in [2.24, 2.45) is 0 Å². The third kappa shape index (κ3) is 4.09. The number of benzene rings is 1. The summed E-state index contributed by atoms with van der Waals surface area (Å²) in [5.41, 5.74) is -0.614. The number of hydrogen-bond acceptors (Lipinski definition) is 3. The minimum absolute atomic E-state index is 0.0557. The lowest BCUT2D eigenvalue weighted by Crippen LogP contribution is -2.26. The van der Waals surface area contributed by atoms with Gasteiger partial charge in [-0.1, -0.05) is 19.1 Å². The highest BCUT2D eigenvalue weighted by Crippen LogP contribution is 2.18. The summed E-state index contributed by atoms with van der Waals surface area (Å²) >= 11 is 0. The Bertz CT molecular complexity index is 715. The monoisotopic (exact) mass is 319 g/mol. The first kappa shape index (κ1) is 16.5. The second-order valence-corrected chi connectivity index (χ2v) is 4.71. The van der Waals surface area contributed by atoms with Crippen LogP contribution in [0.3, 0.4) is 0 Å². The molecule has 0 radical (unpaired) electrons. The number of rotatable bonds is 5. The van der Waals surface area contributed by atoms with Crippen molar-refractivity contribution in [1.29, 1.82) is 0 Å². The van der Waals surface area contributed by atoms with Gasteiger partial charge < -0.3 is 10.6 Å². The second kappa shape index (κ2) is 7.44. The van der Waals surface area contributed by atoms with Crippen molar-refractivity contribution in [1.82, 2.24) is 10.3 Å². The first-order valence-corrected chi connectivity index (χ1v) is 7.03. The summed E-state index contributed by atoms with van der Waals surface area (Å²) in [5, 5.41) is 4.75. The molecule has 0 spiro atoms. The standard InChI is InChI=1S/C16H15F2N3O2/c1-2-9-19-15(22)12-7-4-8-13(20-12)16(23)21-14-10(17)5-3-6-11(14)18/h3-8H,2,9H2,1H3,(H,19,22)(H,21,23). The van der Waals surface area contributed by atoms with Crippen LogP contribution in [0.1, 0.15) is 34.3 Å². The Morgan fingerprint density at radius 3 is 2.17 bits per heavy atom. The van der Waals surface area contributed by atoms with Crippen LogP contribution in [0.15, 0.2) is 36.4 Å². The van der Waals surface area contributed by atoms with Gasteiger partial charge in [0.25, 0.3) is 11.8 Å². The molecule has 0 saturated heterocycles. The summed E-state index contributed by atoms with van der Waals surface area (Å²) in [5.74, 6) is -3.01. The molecule has 0 aliphatic rings. The highest BCUT2D eigenvalue weighted by molar-refractivity contribution is 6.04. The first-order valence-electron chi connectivity index (χ1n) is 7.03. The van der Waals surface area contributed by atoms with Gasteiger partial charge in [0.05, 0.1) is 0 Å². The van der Waals surface area contributed by atoms with E-state index in [9.17, 15) is 18.4 Å². The molecule has 1 heterocycles. The summed E-state index contributed by atoms with van der Waals surface area (Å²) in [4.78, 5) is 27.8. The molecule has 0 saturated carbocycles. The largest absolute Gasteiger partial charge is 0.351 e. The number of para-hydroxylation sites is 1. The molecule has 0 fully saturated rings. The predicted molar refractivity (Wildman–Crippen MR) is 81.2 cm³/mol. The van der Waals surface area contributed by atoms with E-state index in [4.69, 9.17) is 0 Å². The zero-order valence-electron chi connectivity index (χ0n) is 12.4. The Hall–Kier alpha value is -2.83. The minimum Gasteiger partial charge on any atom is -0.351 e. The Morgan fingerprint density at radius 2 is 1.57 bits per heavy atom. The van der Waals surface area contributed by atoms with Gasteiger partial charge in [-0.2, -0.15) is 0 Å². The van der Waals surface area contributed by atoms with Gasteiger partial charge in [0, 0.05) is 6.54 Å². The number of nitrogens with one attached hydrogen (secondary N) is 2. The molecule has 2 aromatic rings. The summed E-state index contributed by atoms with van der Waals surface area (Å²) in [6, 6.07) is 7.52. The smallest absolute Gasteiger partial charge is 0.274 e. The Balaban J connectivity index is 2.18. The van der Waals surface area contributed by atoms with Crippen LogP contribution >= 0.6 is 0 Å². The summed E-state index contributed by atoms with van der Waals surface area (Å²) in [6.07, 6.45) is 0.762. The fourth-order valence-corrected chi connectivity index (χ4v) is 1.81. The van der Waals surface area contributed by atoms with Crippen LogP contribution in [0, 0.1) is 11.6 Å². The first-order chi connectivity index (χ1) is 11.0. The maximum atomic E-state index is 13.5. The van der Waals surface area contributed by atoms with Crippen LogP contribution in [-0.2, 0) is 0 Å². The van der Waals surface area contributed by atoms with Crippen molar-refractivity contribution < 1.29 is 18.4 Å². The van der Waals surface area contributed by atoms with E-state index in [-0.39, 0.29) is 11.4 Å². The minimum atomic E-state index is -0.893. The van der Waals surface area contributed by atoms with Crippen molar-refractivity contribution in [2.75, 3.05) is 11.9 Å². The van der Waals surface area contributed by atoms with E-state index in [1.165, 1.54) is 24.3 Å². The molecule has 0 bridgehead atoms. The molecule has 120 valence electrons. The fourth-order valence-electron chi connectivity index (χ4n) is 1.81. The van der Waals surface area contributed by atoms with Gasteiger partial charge in [-0.3, -0.25) is 9.59 Å². The average molecular weight is 319 g/mol. The molecule has 2 N–H and O–H groups in total. The fraction of sp³-hybridized carbons (Fsp3) is 0.188. The van der Waals surface area contributed by atoms with Crippen LogP contribution in [0.4, 0.5) is 14.5 Å². The lowest BCUT2D eigenvalue weighted by atomic mass is 10.2. The number of halogens is 2. The SMILES string of the molecule is CCCNC(=O)c1cccc(C(=O)Nc2c(F)cccc2F)n1. The molecule has 23 heavy (non-hydrogen) atoms. The molecule has 1 aromatic heterocycles. The van der Waals surface area contributed by atoms with Gasteiger partial charge in [0.15, 0.2) is 0 Å². The van der Waals surface area contributed by atoms with Crippen molar-refractivity contribution in [3.8, 4) is 0 Å². The topological polar surface area (TPSA) is 71.1 Å². The van der Waals surface area contributed by atoms with Crippen LogP contribution in [0.5, 0.6) is 0 Å². The number of anilines is 1. The van der Waals surface area contributed by atoms with Gasteiger partial charge in [0.2, 0.25) is 0 Å². The number of aromatic nitrogens is 1. The van der Waals surface area contributed by atoms with E-state index in [2.05, 4.69) is 15.6 Å². The lowest BCUT2D eigenvalue weighted by Gasteiger charge is -2.08. The predicted octanol–water partition coefficient (Wildman–Crippen LogP) is 2.75. The zero-order chi connectivity index (χ0) is 16.8. The molecule has 0 aliphatic carbocycles. The van der Waals surface area contributed by atoms with Crippen LogP contribution in [-0.4, -0.2) is 23.3 Å². The molecule has 7 heteroatoms. The molecular formula is C16H15F2N3O2. The third-order valence-corrected chi connectivity index (χ3v) is 2.95. The van der Waals surface area contributed by atoms with Crippen molar-refractivity contribution in [3.63, 3.8) is 0 Å². The number of hydrogen-bond donors (Lipinski definition) is 2. The number of carbonyl (C=O) groups excluding carboxylic acids is 2. The number of nitrogens with zero attached hydrogens (tertiary/aromatic N) is 1. The van der Waals surface area contributed by atoms with Crippen LogP contribution < -0.4 is 10.6 Å².